The normalized spacial score (nSPS) is 18.6. The van der Waals surface area contributed by atoms with Gasteiger partial charge in [-0.1, -0.05) is 0 Å². The molecule has 1 amide bonds. The van der Waals surface area contributed by atoms with Crippen molar-refractivity contribution in [3.63, 3.8) is 0 Å². The van der Waals surface area contributed by atoms with E-state index in [9.17, 15) is 13.2 Å². The van der Waals surface area contributed by atoms with Gasteiger partial charge in [-0.25, -0.2) is 13.1 Å². The Labute approximate surface area is 125 Å². The highest BCUT2D eigenvalue weighted by Crippen LogP contribution is 2.25. The first kappa shape index (κ1) is 15.8. The van der Waals surface area contributed by atoms with Gasteiger partial charge in [-0.2, -0.15) is 0 Å². The molecule has 1 fully saturated rings. The zero-order valence-electron chi connectivity index (χ0n) is 12.5. The van der Waals surface area contributed by atoms with E-state index in [-0.39, 0.29) is 18.4 Å². The molecule has 1 aromatic rings. The smallest absolute Gasteiger partial charge is 0.241 e. The number of carbonyl (C=O) groups is 1. The zero-order valence-corrected chi connectivity index (χ0v) is 13.3. The van der Waals surface area contributed by atoms with Crippen molar-refractivity contribution in [1.29, 1.82) is 0 Å². The highest BCUT2D eigenvalue weighted by Gasteiger charge is 2.28. The van der Waals surface area contributed by atoms with Gasteiger partial charge >= 0.3 is 0 Å². The summed E-state index contributed by atoms with van der Waals surface area (Å²) < 4.78 is 27.7. The van der Waals surface area contributed by atoms with Crippen LogP contribution in [0.5, 0.6) is 0 Å². The third-order valence-corrected chi connectivity index (χ3v) is 5.23. The second-order valence-corrected chi connectivity index (χ2v) is 6.95. The fourth-order valence-corrected chi connectivity index (χ4v) is 4.34. The minimum Gasteiger partial charge on any atom is -0.385 e. The van der Waals surface area contributed by atoms with Crippen molar-refractivity contribution in [2.45, 2.75) is 38.1 Å². The summed E-state index contributed by atoms with van der Waals surface area (Å²) in [6.45, 7) is 6.66. The molecule has 0 aromatic heterocycles. The van der Waals surface area contributed by atoms with Gasteiger partial charge in [-0.15, -0.1) is 0 Å². The number of anilines is 1. The van der Waals surface area contributed by atoms with Crippen LogP contribution in [0.15, 0.2) is 17.0 Å². The van der Waals surface area contributed by atoms with Crippen molar-refractivity contribution in [2.24, 2.45) is 0 Å². The summed E-state index contributed by atoms with van der Waals surface area (Å²) in [4.78, 5) is 11.5. The highest BCUT2D eigenvalue weighted by molar-refractivity contribution is 7.89. The van der Waals surface area contributed by atoms with Crippen LogP contribution in [0.3, 0.4) is 0 Å². The molecule has 1 aromatic carbocycles. The van der Waals surface area contributed by atoms with Crippen LogP contribution >= 0.6 is 0 Å². The van der Waals surface area contributed by atoms with E-state index in [0.29, 0.717) is 22.6 Å². The van der Waals surface area contributed by atoms with Gasteiger partial charge in [0.1, 0.15) is 0 Å². The minimum atomic E-state index is -3.63. The molecule has 0 bridgehead atoms. The number of carbonyl (C=O) groups excluding carboxylic acids is 1. The van der Waals surface area contributed by atoms with Crippen molar-refractivity contribution in [1.82, 2.24) is 10.0 Å². The lowest BCUT2D eigenvalue weighted by Gasteiger charge is -2.16. The molecule has 0 saturated carbocycles. The van der Waals surface area contributed by atoms with Gasteiger partial charge in [0.2, 0.25) is 15.9 Å². The Morgan fingerprint density at radius 3 is 2.38 bits per heavy atom. The third-order valence-electron chi connectivity index (χ3n) is 3.41. The molecule has 1 aliphatic heterocycles. The average Bonchev–Trinajstić information content (AvgIpc) is 2.72. The molecule has 1 aliphatic rings. The summed E-state index contributed by atoms with van der Waals surface area (Å²) in [7, 11) is -3.63. The van der Waals surface area contributed by atoms with E-state index in [1.807, 2.05) is 19.1 Å². The standard InChI is InChI=1S/C14H21N3O3S/c1-4-15-11-5-9(2)14(10(3)6-11)21(19,20)17-12-7-13(18)16-8-12/h5-6,12,15,17H,4,7-8H2,1-3H3,(H,16,18). The summed E-state index contributed by atoms with van der Waals surface area (Å²) >= 11 is 0. The first-order chi connectivity index (χ1) is 9.83. The third kappa shape index (κ3) is 3.54. The second-order valence-electron chi connectivity index (χ2n) is 5.30. The fraction of sp³-hybridized carbons (Fsp3) is 0.500. The fourth-order valence-electron chi connectivity index (χ4n) is 2.65. The Bertz CT molecular complexity index is 632. The number of nitrogens with one attached hydrogen (secondary N) is 3. The first-order valence-corrected chi connectivity index (χ1v) is 8.46. The monoisotopic (exact) mass is 311 g/mol. The quantitative estimate of drug-likeness (QED) is 0.754. The molecule has 0 spiro atoms. The summed E-state index contributed by atoms with van der Waals surface area (Å²) in [6, 6.07) is 3.27. The number of hydrogen-bond donors (Lipinski definition) is 3. The van der Waals surface area contributed by atoms with Crippen molar-refractivity contribution in [3.05, 3.63) is 23.3 Å². The molecular weight excluding hydrogens is 290 g/mol. The van der Waals surface area contributed by atoms with Crippen LogP contribution in [0.4, 0.5) is 5.69 Å². The summed E-state index contributed by atoms with van der Waals surface area (Å²) in [6.07, 6.45) is 0.187. The van der Waals surface area contributed by atoms with Gasteiger partial charge in [-0.05, 0) is 44.0 Å². The van der Waals surface area contributed by atoms with Crippen LogP contribution in [0.25, 0.3) is 0 Å². The Hall–Kier alpha value is -1.60. The van der Waals surface area contributed by atoms with Crippen LogP contribution < -0.4 is 15.4 Å². The first-order valence-electron chi connectivity index (χ1n) is 6.97. The highest BCUT2D eigenvalue weighted by atomic mass is 32.2. The van der Waals surface area contributed by atoms with Gasteiger partial charge in [0, 0.05) is 31.2 Å². The van der Waals surface area contributed by atoms with Crippen molar-refractivity contribution >= 4 is 21.6 Å². The van der Waals surface area contributed by atoms with Crippen LogP contribution in [0.2, 0.25) is 0 Å². The van der Waals surface area contributed by atoms with Gasteiger partial charge in [-0.3, -0.25) is 4.79 Å². The Kier molecular flexibility index (Phi) is 4.53. The SMILES string of the molecule is CCNc1cc(C)c(S(=O)(=O)NC2CNC(=O)C2)c(C)c1. The minimum absolute atomic E-state index is 0.126. The molecule has 6 nitrogen and oxygen atoms in total. The number of benzene rings is 1. The largest absolute Gasteiger partial charge is 0.385 e. The van der Waals surface area contributed by atoms with Crippen LogP contribution in [-0.2, 0) is 14.8 Å². The zero-order chi connectivity index (χ0) is 15.6. The van der Waals surface area contributed by atoms with Crippen LogP contribution in [0.1, 0.15) is 24.5 Å². The molecule has 7 heteroatoms. The Morgan fingerprint density at radius 1 is 1.29 bits per heavy atom. The second kappa shape index (κ2) is 6.03. The number of rotatable bonds is 5. The van der Waals surface area contributed by atoms with E-state index in [1.54, 1.807) is 13.8 Å². The lowest BCUT2D eigenvalue weighted by Crippen LogP contribution is -2.36. The molecule has 1 saturated heterocycles. The predicted octanol–water partition coefficient (Wildman–Crippen LogP) is 0.902. The Balaban J connectivity index is 2.29. The van der Waals surface area contributed by atoms with Crippen molar-refractivity contribution < 1.29 is 13.2 Å². The van der Waals surface area contributed by atoms with E-state index in [0.717, 1.165) is 12.2 Å². The Morgan fingerprint density at radius 2 is 1.90 bits per heavy atom. The average molecular weight is 311 g/mol. The molecule has 1 heterocycles. The molecule has 0 aliphatic carbocycles. The molecule has 0 radical (unpaired) electrons. The molecule has 2 rings (SSSR count). The van der Waals surface area contributed by atoms with Crippen LogP contribution in [0, 0.1) is 13.8 Å². The maximum absolute atomic E-state index is 12.5. The lowest BCUT2D eigenvalue weighted by atomic mass is 10.1. The maximum Gasteiger partial charge on any atom is 0.241 e. The van der Waals surface area contributed by atoms with Crippen molar-refractivity contribution in [3.8, 4) is 0 Å². The maximum atomic E-state index is 12.5. The van der Waals surface area contributed by atoms with Gasteiger partial charge < -0.3 is 10.6 Å². The number of hydrogen-bond acceptors (Lipinski definition) is 4. The molecule has 1 atom stereocenters. The molecule has 116 valence electrons. The molecule has 1 unspecified atom stereocenters. The summed E-state index contributed by atoms with van der Waals surface area (Å²) in [5.41, 5.74) is 2.29. The van der Waals surface area contributed by atoms with Crippen molar-refractivity contribution in [2.75, 3.05) is 18.4 Å². The van der Waals surface area contributed by atoms with Gasteiger partial charge in [0.15, 0.2) is 0 Å². The van der Waals surface area contributed by atoms with Gasteiger partial charge in [0.05, 0.1) is 4.90 Å². The van der Waals surface area contributed by atoms with E-state index in [1.165, 1.54) is 0 Å². The predicted molar refractivity (Wildman–Crippen MR) is 81.8 cm³/mol. The van der Waals surface area contributed by atoms with E-state index >= 15 is 0 Å². The summed E-state index contributed by atoms with van der Waals surface area (Å²) in [5, 5.41) is 5.80. The van der Waals surface area contributed by atoms with E-state index < -0.39 is 10.0 Å². The van der Waals surface area contributed by atoms with E-state index in [4.69, 9.17) is 0 Å². The molecular formula is C14H21N3O3S. The topological polar surface area (TPSA) is 87.3 Å². The molecule has 3 N–H and O–H groups in total. The lowest BCUT2D eigenvalue weighted by molar-refractivity contribution is -0.119. The van der Waals surface area contributed by atoms with Crippen LogP contribution in [-0.4, -0.2) is 33.5 Å². The summed E-state index contributed by atoms with van der Waals surface area (Å²) in [5.74, 6) is -0.126. The number of sulfonamides is 1. The van der Waals surface area contributed by atoms with E-state index in [2.05, 4.69) is 15.4 Å². The molecule has 21 heavy (non-hydrogen) atoms. The number of amides is 1. The number of aryl methyl sites for hydroxylation is 2. The van der Waals surface area contributed by atoms with Gasteiger partial charge in [0.25, 0.3) is 0 Å².